The standard InChI is InChI=1S/C14H18N2O5/c1-2-15-14(13(17)18)8-7-10(9-14)21-12-6-4-3-5-11(12)16(19)20/h3-6,10,15H,2,7-9H2,1H3,(H,17,18). The van der Waals surface area contributed by atoms with E-state index in [1.54, 1.807) is 12.1 Å². The van der Waals surface area contributed by atoms with Gasteiger partial charge in [-0.25, -0.2) is 0 Å². The van der Waals surface area contributed by atoms with Crippen LogP contribution in [0.3, 0.4) is 0 Å². The molecule has 0 aromatic heterocycles. The first-order chi connectivity index (χ1) is 9.98. The van der Waals surface area contributed by atoms with Crippen LogP contribution in [0.2, 0.25) is 0 Å². The van der Waals surface area contributed by atoms with E-state index >= 15 is 0 Å². The number of carbonyl (C=O) groups is 1. The maximum absolute atomic E-state index is 11.5. The minimum Gasteiger partial charge on any atom is -0.483 e. The van der Waals surface area contributed by atoms with Gasteiger partial charge < -0.3 is 15.2 Å². The first kappa shape index (κ1) is 15.2. The Labute approximate surface area is 122 Å². The maximum atomic E-state index is 11.5. The second-order valence-electron chi connectivity index (χ2n) is 5.13. The average molecular weight is 294 g/mol. The number of nitro benzene ring substituents is 1. The summed E-state index contributed by atoms with van der Waals surface area (Å²) in [7, 11) is 0. The van der Waals surface area contributed by atoms with Gasteiger partial charge in [0.15, 0.2) is 5.75 Å². The summed E-state index contributed by atoms with van der Waals surface area (Å²) in [5, 5.41) is 23.3. The summed E-state index contributed by atoms with van der Waals surface area (Å²) in [5.41, 5.74) is -1.10. The quantitative estimate of drug-likeness (QED) is 0.614. The Bertz CT molecular complexity index is 548. The molecule has 2 atom stereocenters. The van der Waals surface area contributed by atoms with Crippen molar-refractivity contribution >= 4 is 11.7 Å². The molecule has 1 aliphatic carbocycles. The summed E-state index contributed by atoms with van der Waals surface area (Å²) in [6, 6.07) is 6.14. The zero-order chi connectivity index (χ0) is 15.5. The van der Waals surface area contributed by atoms with Gasteiger partial charge in [-0.2, -0.15) is 0 Å². The van der Waals surface area contributed by atoms with Crippen molar-refractivity contribution in [2.24, 2.45) is 0 Å². The highest BCUT2D eigenvalue weighted by Crippen LogP contribution is 2.35. The van der Waals surface area contributed by atoms with Crippen molar-refractivity contribution in [3.8, 4) is 5.75 Å². The van der Waals surface area contributed by atoms with Crippen LogP contribution >= 0.6 is 0 Å². The summed E-state index contributed by atoms with van der Waals surface area (Å²) in [5.74, 6) is -0.719. The molecule has 0 heterocycles. The van der Waals surface area contributed by atoms with E-state index in [4.69, 9.17) is 4.74 Å². The molecule has 1 aromatic carbocycles. The zero-order valence-corrected chi connectivity index (χ0v) is 11.7. The maximum Gasteiger partial charge on any atom is 0.324 e. The first-order valence-corrected chi connectivity index (χ1v) is 6.87. The highest BCUT2D eigenvalue weighted by Gasteiger charge is 2.46. The molecule has 0 radical (unpaired) electrons. The number of carboxylic acid groups (broad SMARTS) is 1. The molecule has 7 heteroatoms. The smallest absolute Gasteiger partial charge is 0.324 e. The van der Waals surface area contributed by atoms with E-state index in [1.807, 2.05) is 6.92 Å². The largest absolute Gasteiger partial charge is 0.483 e. The number of nitro groups is 1. The molecule has 1 aromatic rings. The third-order valence-electron chi connectivity index (χ3n) is 3.75. The highest BCUT2D eigenvalue weighted by atomic mass is 16.6. The Hall–Kier alpha value is -2.15. The van der Waals surface area contributed by atoms with E-state index in [0.29, 0.717) is 25.8 Å². The Morgan fingerprint density at radius 3 is 2.90 bits per heavy atom. The Morgan fingerprint density at radius 2 is 2.29 bits per heavy atom. The molecule has 1 fully saturated rings. The summed E-state index contributed by atoms with van der Waals surface area (Å²) < 4.78 is 5.67. The van der Waals surface area contributed by atoms with Crippen molar-refractivity contribution in [3.63, 3.8) is 0 Å². The molecule has 1 aliphatic rings. The second kappa shape index (κ2) is 6.09. The van der Waals surface area contributed by atoms with Crippen molar-refractivity contribution in [3.05, 3.63) is 34.4 Å². The lowest BCUT2D eigenvalue weighted by Gasteiger charge is -2.25. The zero-order valence-electron chi connectivity index (χ0n) is 11.7. The SMILES string of the molecule is CCNC1(C(=O)O)CCC(Oc2ccccc2[N+](=O)[O-])C1. The van der Waals surface area contributed by atoms with Gasteiger partial charge in [0.05, 0.1) is 4.92 Å². The monoisotopic (exact) mass is 294 g/mol. The molecule has 0 spiro atoms. The van der Waals surface area contributed by atoms with E-state index in [-0.39, 0.29) is 17.5 Å². The molecular formula is C14H18N2O5. The third kappa shape index (κ3) is 3.13. The van der Waals surface area contributed by atoms with Crippen LogP contribution in [-0.2, 0) is 4.79 Å². The fraction of sp³-hybridized carbons (Fsp3) is 0.500. The number of nitrogens with one attached hydrogen (secondary N) is 1. The van der Waals surface area contributed by atoms with Crippen LogP contribution in [0.5, 0.6) is 5.75 Å². The fourth-order valence-electron chi connectivity index (χ4n) is 2.76. The van der Waals surface area contributed by atoms with E-state index in [9.17, 15) is 20.0 Å². The van der Waals surface area contributed by atoms with Crippen LogP contribution in [0.25, 0.3) is 0 Å². The molecule has 2 rings (SSSR count). The average Bonchev–Trinajstić information content (AvgIpc) is 2.84. The lowest BCUT2D eigenvalue weighted by molar-refractivity contribution is -0.386. The van der Waals surface area contributed by atoms with Crippen LogP contribution in [0, 0.1) is 10.1 Å². The number of benzene rings is 1. The molecule has 0 amide bonds. The van der Waals surface area contributed by atoms with Crippen LogP contribution in [0.15, 0.2) is 24.3 Å². The van der Waals surface area contributed by atoms with Crippen molar-refractivity contribution in [2.75, 3.05) is 6.54 Å². The first-order valence-electron chi connectivity index (χ1n) is 6.87. The molecule has 2 unspecified atom stereocenters. The van der Waals surface area contributed by atoms with Crippen LogP contribution < -0.4 is 10.1 Å². The lowest BCUT2D eigenvalue weighted by atomic mass is 9.98. The molecule has 0 saturated heterocycles. The topological polar surface area (TPSA) is 102 Å². The normalized spacial score (nSPS) is 24.7. The third-order valence-corrected chi connectivity index (χ3v) is 3.75. The number of hydrogen-bond acceptors (Lipinski definition) is 5. The summed E-state index contributed by atoms with van der Waals surface area (Å²) in [6.45, 7) is 2.39. The van der Waals surface area contributed by atoms with Gasteiger partial charge in [-0.1, -0.05) is 19.1 Å². The van der Waals surface area contributed by atoms with Gasteiger partial charge in [-0.05, 0) is 25.5 Å². The highest BCUT2D eigenvalue weighted by molar-refractivity contribution is 5.79. The minimum atomic E-state index is -0.997. The van der Waals surface area contributed by atoms with E-state index in [1.165, 1.54) is 12.1 Å². The van der Waals surface area contributed by atoms with Crippen molar-refractivity contribution in [1.82, 2.24) is 5.32 Å². The molecule has 0 bridgehead atoms. The molecule has 2 N–H and O–H groups in total. The van der Waals surface area contributed by atoms with Gasteiger partial charge in [0.25, 0.3) is 0 Å². The van der Waals surface area contributed by atoms with Crippen molar-refractivity contribution in [1.29, 1.82) is 0 Å². The van der Waals surface area contributed by atoms with Gasteiger partial charge in [-0.15, -0.1) is 0 Å². The van der Waals surface area contributed by atoms with Crippen molar-refractivity contribution in [2.45, 2.75) is 37.8 Å². The molecule has 21 heavy (non-hydrogen) atoms. The summed E-state index contributed by atoms with van der Waals surface area (Å²) in [4.78, 5) is 21.9. The predicted molar refractivity (Wildman–Crippen MR) is 75.4 cm³/mol. The van der Waals surface area contributed by atoms with E-state index in [0.717, 1.165) is 0 Å². The molecule has 1 saturated carbocycles. The number of carboxylic acids is 1. The fourth-order valence-corrected chi connectivity index (χ4v) is 2.76. The van der Waals surface area contributed by atoms with Crippen LogP contribution in [0.4, 0.5) is 5.69 Å². The van der Waals surface area contributed by atoms with Gasteiger partial charge in [0.2, 0.25) is 0 Å². The Morgan fingerprint density at radius 1 is 1.57 bits per heavy atom. The van der Waals surface area contributed by atoms with Crippen LogP contribution in [0.1, 0.15) is 26.2 Å². The second-order valence-corrected chi connectivity index (χ2v) is 5.13. The summed E-state index contributed by atoms with van der Waals surface area (Å²) in [6.07, 6.45) is 0.941. The van der Waals surface area contributed by atoms with E-state index in [2.05, 4.69) is 5.32 Å². The van der Waals surface area contributed by atoms with Gasteiger partial charge in [0.1, 0.15) is 11.6 Å². The number of hydrogen-bond donors (Lipinski definition) is 2. The number of likely N-dealkylation sites (N-methyl/N-ethyl adjacent to an activating group) is 1. The van der Waals surface area contributed by atoms with Gasteiger partial charge in [-0.3, -0.25) is 14.9 Å². The molecule has 0 aliphatic heterocycles. The molecular weight excluding hydrogens is 276 g/mol. The number of rotatable bonds is 6. The van der Waals surface area contributed by atoms with E-state index < -0.39 is 16.4 Å². The number of ether oxygens (including phenoxy) is 1. The van der Waals surface area contributed by atoms with Crippen LogP contribution in [-0.4, -0.2) is 34.2 Å². The number of nitrogens with zero attached hydrogens (tertiary/aromatic N) is 1. The molecule has 114 valence electrons. The van der Waals surface area contributed by atoms with Gasteiger partial charge in [0, 0.05) is 12.5 Å². The predicted octanol–water partition coefficient (Wildman–Crippen LogP) is 1.96. The van der Waals surface area contributed by atoms with Crippen molar-refractivity contribution < 1.29 is 19.6 Å². The minimum absolute atomic E-state index is 0.103. The number of para-hydroxylation sites is 2. The Kier molecular flexibility index (Phi) is 4.42. The Balaban J connectivity index is 2.13. The summed E-state index contributed by atoms with van der Waals surface area (Å²) >= 11 is 0. The lowest BCUT2D eigenvalue weighted by Crippen LogP contribution is -2.50. The molecule has 7 nitrogen and oxygen atoms in total. The number of aliphatic carboxylic acids is 1. The van der Waals surface area contributed by atoms with Gasteiger partial charge >= 0.3 is 11.7 Å².